The van der Waals surface area contributed by atoms with E-state index in [4.69, 9.17) is 0 Å². The van der Waals surface area contributed by atoms with E-state index >= 15 is 0 Å². The van der Waals surface area contributed by atoms with E-state index < -0.39 is 0 Å². The summed E-state index contributed by atoms with van der Waals surface area (Å²) in [5.41, 5.74) is 8.93. The number of benzene rings is 4. The van der Waals surface area contributed by atoms with Gasteiger partial charge in [-0.1, -0.05) is 148 Å². The Labute approximate surface area is 206 Å². The van der Waals surface area contributed by atoms with Gasteiger partial charge in [0.15, 0.2) is 0 Å². The minimum atomic E-state index is 1.19. The summed E-state index contributed by atoms with van der Waals surface area (Å²) in [7, 11) is 0. The van der Waals surface area contributed by atoms with Crippen LogP contribution in [0.15, 0.2) is 103 Å². The molecule has 0 amide bonds. The molecule has 0 aliphatic carbocycles. The predicted octanol–water partition coefficient (Wildman–Crippen LogP) is 10.1. The zero-order chi connectivity index (χ0) is 23.4. The average Bonchev–Trinajstić information content (AvgIpc) is 2.91. The standard InChI is InChI=1S/C34H36/c1-2-3-4-5-6-9-14-28-19-21-29(22-20-28)23-24-33-27-32(30-15-10-7-11-16-30)25-26-34(33)31-17-12-8-13-18-31/h7-8,10-13,15-27H,2-6,9,14H2,1H3. The van der Waals surface area contributed by atoms with Crippen LogP contribution in [0, 0.1) is 0 Å². The molecule has 4 rings (SSSR count). The largest absolute Gasteiger partial charge is 0.0654 e. The van der Waals surface area contributed by atoms with E-state index in [0.717, 1.165) is 0 Å². The van der Waals surface area contributed by atoms with Gasteiger partial charge in [0.2, 0.25) is 0 Å². The number of aryl methyl sites for hydroxylation is 1. The van der Waals surface area contributed by atoms with Gasteiger partial charge in [-0.2, -0.15) is 0 Å². The maximum Gasteiger partial charge on any atom is -0.0111 e. The number of unbranched alkanes of at least 4 members (excludes halogenated alkanes) is 5. The Morgan fingerprint density at radius 1 is 0.529 bits per heavy atom. The molecule has 0 fully saturated rings. The summed E-state index contributed by atoms with van der Waals surface area (Å²) in [5, 5.41) is 0. The molecule has 0 saturated heterocycles. The summed E-state index contributed by atoms with van der Waals surface area (Å²) in [5.74, 6) is 0. The van der Waals surface area contributed by atoms with Crippen LogP contribution in [-0.2, 0) is 6.42 Å². The van der Waals surface area contributed by atoms with Gasteiger partial charge in [-0.15, -0.1) is 0 Å². The molecule has 0 aliphatic rings. The molecular formula is C34H36. The average molecular weight is 445 g/mol. The molecule has 172 valence electrons. The van der Waals surface area contributed by atoms with E-state index in [1.165, 1.54) is 83.9 Å². The molecule has 0 saturated carbocycles. The highest BCUT2D eigenvalue weighted by Gasteiger charge is 2.06. The third-order valence-corrected chi connectivity index (χ3v) is 6.50. The molecule has 0 bridgehead atoms. The van der Waals surface area contributed by atoms with Crippen LogP contribution in [0.3, 0.4) is 0 Å². The smallest absolute Gasteiger partial charge is 0.0111 e. The first kappa shape index (κ1) is 23.8. The topological polar surface area (TPSA) is 0 Å². The molecule has 0 N–H and O–H groups in total. The first-order valence-corrected chi connectivity index (χ1v) is 12.9. The fraction of sp³-hybridized carbons (Fsp3) is 0.235. The SMILES string of the molecule is CCCCCCCCc1ccc(C=Cc2cc(-c3ccccc3)ccc2-c2ccccc2)cc1. The zero-order valence-corrected chi connectivity index (χ0v) is 20.4. The molecule has 0 atom stereocenters. The summed E-state index contributed by atoms with van der Waals surface area (Å²) < 4.78 is 0. The number of hydrogen-bond donors (Lipinski definition) is 0. The monoisotopic (exact) mass is 444 g/mol. The molecule has 0 nitrogen and oxygen atoms in total. The number of rotatable bonds is 11. The van der Waals surface area contributed by atoms with E-state index in [0.29, 0.717) is 0 Å². The summed E-state index contributed by atoms with van der Waals surface area (Å²) >= 11 is 0. The second-order valence-electron chi connectivity index (χ2n) is 9.13. The molecule has 0 spiro atoms. The normalized spacial score (nSPS) is 11.2. The Morgan fingerprint density at radius 2 is 1.18 bits per heavy atom. The van der Waals surface area contributed by atoms with Crippen molar-refractivity contribution in [2.24, 2.45) is 0 Å². The molecule has 0 aromatic heterocycles. The van der Waals surface area contributed by atoms with Gasteiger partial charge in [-0.3, -0.25) is 0 Å². The summed E-state index contributed by atoms with van der Waals surface area (Å²) in [6.45, 7) is 2.28. The van der Waals surface area contributed by atoms with Crippen LogP contribution < -0.4 is 0 Å². The van der Waals surface area contributed by atoms with Gasteiger partial charge in [-0.05, 0) is 57.9 Å². The molecule has 34 heavy (non-hydrogen) atoms. The van der Waals surface area contributed by atoms with E-state index in [1.54, 1.807) is 0 Å². The van der Waals surface area contributed by atoms with Crippen molar-refractivity contribution >= 4 is 12.2 Å². The second kappa shape index (κ2) is 12.8. The third kappa shape index (κ3) is 6.81. The second-order valence-corrected chi connectivity index (χ2v) is 9.13. The first-order valence-electron chi connectivity index (χ1n) is 12.9. The van der Waals surface area contributed by atoms with Crippen molar-refractivity contribution in [3.05, 3.63) is 120 Å². The number of hydrogen-bond acceptors (Lipinski definition) is 0. The third-order valence-electron chi connectivity index (χ3n) is 6.50. The van der Waals surface area contributed by atoms with Crippen molar-refractivity contribution < 1.29 is 0 Å². The van der Waals surface area contributed by atoms with E-state index in [2.05, 4.69) is 122 Å². The van der Waals surface area contributed by atoms with Gasteiger partial charge in [0.05, 0.1) is 0 Å². The van der Waals surface area contributed by atoms with E-state index in [-0.39, 0.29) is 0 Å². The van der Waals surface area contributed by atoms with Crippen molar-refractivity contribution in [3.63, 3.8) is 0 Å². The predicted molar refractivity (Wildman–Crippen MR) is 150 cm³/mol. The lowest BCUT2D eigenvalue weighted by Crippen LogP contribution is -1.87. The van der Waals surface area contributed by atoms with Crippen molar-refractivity contribution in [1.82, 2.24) is 0 Å². The van der Waals surface area contributed by atoms with Crippen LogP contribution >= 0.6 is 0 Å². The summed E-state index contributed by atoms with van der Waals surface area (Å²) in [4.78, 5) is 0. The Kier molecular flexibility index (Phi) is 8.91. The van der Waals surface area contributed by atoms with Gasteiger partial charge < -0.3 is 0 Å². The Morgan fingerprint density at radius 3 is 1.88 bits per heavy atom. The van der Waals surface area contributed by atoms with Crippen molar-refractivity contribution in [2.75, 3.05) is 0 Å². The molecule has 0 radical (unpaired) electrons. The molecule has 4 aromatic carbocycles. The van der Waals surface area contributed by atoms with Crippen LogP contribution in [0.4, 0.5) is 0 Å². The quantitative estimate of drug-likeness (QED) is 0.159. The van der Waals surface area contributed by atoms with Crippen LogP contribution in [-0.4, -0.2) is 0 Å². The van der Waals surface area contributed by atoms with Crippen molar-refractivity contribution in [2.45, 2.75) is 51.9 Å². The van der Waals surface area contributed by atoms with E-state index in [1.807, 2.05) is 0 Å². The molecule has 0 heterocycles. The lowest BCUT2D eigenvalue weighted by atomic mass is 9.94. The van der Waals surface area contributed by atoms with Crippen LogP contribution in [0.1, 0.15) is 62.1 Å². The maximum absolute atomic E-state index is 2.31. The Bertz CT molecular complexity index is 1150. The summed E-state index contributed by atoms with van der Waals surface area (Å²) in [6.07, 6.45) is 13.8. The molecule has 4 aromatic rings. The lowest BCUT2D eigenvalue weighted by molar-refractivity contribution is 0.607. The first-order chi connectivity index (χ1) is 16.8. The van der Waals surface area contributed by atoms with Crippen LogP contribution in [0.2, 0.25) is 0 Å². The van der Waals surface area contributed by atoms with Gasteiger partial charge in [0, 0.05) is 0 Å². The highest BCUT2D eigenvalue weighted by atomic mass is 14.1. The minimum absolute atomic E-state index is 1.19. The maximum atomic E-state index is 2.31. The molecule has 0 heteroatoms. The molecular weight excluding hydrogens is 408 g/mol. The lowest BCUT2D eigenvalue weighted by Gasteiger charge is -2.10. The van der Waals surface area contributed by atoms with Gasteiger partial charge in [-0.25, -0.2) is 0 Å². The minimum Gasteiger partial charge on any atom is -0.0654 e. The van der Waals surface area contributed by atoms with E-state index in [9.17, 15) is 0 Å². The zero-order valence-electron chi connectivity index (χ0n) is 20.4. The molecule has 0 unspecified atom stereocenters. The van der Waals surface area contributed by atoms with Crippen LogP contribution in [0.5, 0.6) is 0 Å². The highest BCUT2D eigenvalue weighted by molar-refractivity contribution is 5.84. The summed E-state index contributed by atoms with van der Waals surface area (Å²) in [6, 6.07) is 37.2. The fourth-order valence-corrected chi connectivity index (χ4v) is 4.48. The van der Waals surface area contributed by atoms with Crippen molar-refractivity contribution in [3.8, 4) is 22.3 Å². The van der Waals surface area contributed by atoms with Gasteiger partial charge in [0.25, 0.3) is 0 Å². The van der Waals surface area contributed by atoms with Crippen LogP contribution in [0.25, 0.3) is 34.4 Å². The fourth-order valence-electron chi connectivity index (χ4n) is 4.48. The molecule has 0 aliphatic heterocycles. The van der Waals surface area contributed by atoms with Gasteiger partial charge in [0.1, 0.15) is 0 Å². The Balaban J connectivity index is 1.50. The highest BCUT2D eigenvalue weighted by Crippen LogP contribution is 2.30. The van der Waals surface area contributed by atoms with Gasteiger partial charge >= 0.3 is 0 Å². The Hall–Kier alpha value is -3.38. The van der Waals surface area contributed by atoms with Crippen molar-refractivity contribution in [1.29, 1.82) is 0 Å².